The molecule has 4 rings (SSSR count). The van der Waals surface area contributed by atoms with E-state index in [4.69, 9.17) is 0 Å². The van der Waals surface area contributed by atoms with E-state index in [0.29, 0.717) is 11.8 Å². The number of hydrogen-bond acceptors (Lipinski definition) is 2. The molecule has 2 heterocycles. The third-order valence-electron chi connectivity index (χ3n) is 5.66. The molecule has 1 aromatic heterocycles. The van der Waals surface area contributed by atoms with Crippen molar-refractivity contribution in [3.8, 4) is 0 Å². The molecule has 2 aromatic rings. The molecule has 2 fully saturated rings. The Morgan fingerprint density at radius 2 is 2.08 bits per heavy atom. The van der Waals surface area contributed by atoms with Gasteiger partial charge in [-0.2, -0.15) is 0 Å². The van der Waals surface area contributed by atoms with Gasteiger partial charge in [0.25, 0.3) is 0 Å². The monoisotopic (exact) mass is 338 g/mol. The molecule has 0 bridgehead atoms. The van der Waals surface area contributed by atoms with E-state index in [1.807, 2.05) is 28.8 Å². The highest BCUT2D eigenvalue weighted by atomic mass is 16.2. The Bertz CT molecular complexity index is 767. The summed E-state index contributed by atoms with van der Waals surface area (Å²) in [5.41, 5.74) is 1.44. The highest BCUT2D eigenvalue weighted by Gasteiger charge is 2.51. The first-order chi connectivity index (χ1) is 12.0. The lowest BCUT2D eigenvalue weighted by Crippen LogP contribution is -2.61. The number of likely N-dealkylation sites (tertiary alicyclic amines) is 1. The van der Waals surface area contributed by atoms with E-state index >= 15 is 0 Å². The van der Waals surface area contributed by atoms with Gasteiger partial charge in [-0.05, 0) is 23.8 Å². The Morgan fingerprint density at radius 3 is 2.72 bits per heavy atom. The molecule has 1 unspecified atom stereocenters. The highest BCUT2D eigenvalue weighted by Crippen LogP contribution is 2.48. The predicted molar refractivity (Wildman–Crippen MR) is 97.1 cm³/mol. The first-order valence-corrected chi connectivity index (χ1v) is 9.04. The summed E-state index contributed by atoms with van der Waals surface area (Å²) in [6.45, 7) is 5.91. The van der Waals surface area contributed by atoms with Gasteiger partial charge in [0.05, 0.1) is 6.04 Å². The molecule has 0 spiro atoms. The number of hydrogen-bond donors (Lipinski definition) is 1. The maximum Gasteiger partial charge on any atom is 0.318 e. The first-order valence-electron chi connectivity index (χ1n) is 9.04. The minimum Gasteiger partial charge on any atom is -0.338 e. The zero-order valence-corrected chi connectivity index (χ0v) is 15.1. The van der Waals surface area contributed by atoms with Crippen LogP contribution in [0.3, 0.4) is 0 Å². The summed E-state index contributed by atoms with van der Waals surface area (Å²) in [5.74, 6) is 2.12. The molecule has 2 aliphatic rings. The lowest BCUT2D eigenvalue weighted by molar-refractivity contribution is -0.0230. The second-order valence-electron chi connectivity index (χ2n) is 8.11. The maximum absolute atomic E-state index is 12.7. The third kappa shape index (κ3) is 2.92. The van der Waals surface area contributed by atoms with Crippen molar-refractivity contribution in [2.75, 3.05) is 13.1 Å². The van der Waals surface area contributed by atoms with Crippen molar-refractivity contribution < 1.29 is 4.79 Å². The van der Waals surface area contributed by atoms with Crippen LogP contribution in [0.2, 0.25) is 0 Å². The average molecular weight is 338 g/mol. The quantitative estimate of drug-likeness (QED) is 0.930. The van der Waals surface area contributed by atoms with Crippen LogP contribution in [-0.4, -0.2) is 33.6 Å². The number of aromatic nitrogens is 2. The number of carbonyl (C=O) groups excluding carboxylic acids is 1. The van der Waals surface area contributed by atoms with Gasteiger partial charge in [-0.25, -0.2) is 9.78 Å². The summed E-state index contributed by atoms with van der Waals surface area (Å²) in [6, 6.07) is 10.7. The molecule has 1 aliphatic heterocycles. The molecule has 25 heavy (non-hydrogen) atoms. The van der Waals surface area contributed by atoms with Crippen molar-refractivity contribution in [2.45, 2.75) is 32.2 Å². The Morgan fingerprint density at radius 1 is 1.32 bits per heavy atom. The SMILES string of the molecule is Cn1ccnc1C1N(C(=O)NC[C@@H]2C[C@H]2c2ccccc2)CC1(C)C. The van der Waals surface area contributed by atoms with Gasteiger partial charge >= 0.3 is 6.03 Å². The first kappa shape index (κ1) is 16.2. The molecule has 1 saturated carbocycles. The second kappa shape index (κ2) is 5.90. The molecule has 2 amide bonds. The highest BCUT2D eigenvalue weighted by molar-refractivity contribution is 5.76. The second-order valence-corrected chi connectivity index (χ2v) is 8.11. The van der Waals surface area contributed by atoms with Crippen LogP contribution in [-0.2, 0) is 7.05 Å². The molecule has 5 nitrogen and oxygen atoms in total. The minimum absolute atomic E-state index is 0.0334. The fourth-order valence-electron chi connectivity index (χ4n) is 4.15. The summed E-state index contributed by atoms with van der Waals surface area (Å²) >= 11 is 0. The van der Waals surface area contributed by atoms with Crippen LogP contribution < -0.4 is 5.32 Å². The Balaban J connectivity index is 1.35. The van der Waals surface area contributed by atoms with Gasteiger partial charge in [-0.15, -0.1) is 0 Å². The van der Waals surface area contributed by atoms with Crippen LogP contribution in [0.5, 0.6) is 0 Å². The Kier molecular flexibility index (Phi) is 3.82. The molecule has 1 aliphatic carbocycles. The Hall–Kier alpha value is -2.30. The molecule has 0 radical (unpaired) electrons. The number of aryl methyl sites for hydroxylation is 1. The van der Waals surface area contributed by atoms with Gasteiger partial charge in [0.1, 0.15) is 5.82 Å². The van der Waals surface area contributed by atoms with Crippen LogP contribution in [0.25, 0.3) is 0 Å². The van der Waals surface area contributed by atoms with Crippen LogP contribution >= 0.6 is 0 Å². The van der Waals surface area contributed by atoms with Gasteiger partial charge in [-0.3, -0.25) is 0 Å². The molecule has 5 heteroatoms. The normalized spacial score (nSPS) is 26.8. The molecule has 1 aromatic carbocycles. The van der Waals surface area contributed by atoms with E-state index in [1.54, 1.807) is 6.20 Å². The van der Waals surface area contributed by atoms with Crippen LogP contribution in [0, 0.1) is 11.3 Å². The summed E-state index contributed by atoms with van der Waals surface area (Å²) in [5, 5.41) is 3.15. The van der Waals surface area contributed by atoms with E-state index in [-0.39, 0.29) is 17.5 Å². The zero-order valence-electron chi connectivity index (χ0n) is 15.1. The van der Waals surface area contributed by atoms with Crippen molar-refractivity contribution in [2.24, 2.45) is 18.4 Å². The van der Waals surface area contributed by atoms with Crippen LogP contribution in [0.1, 0.15) is 43.6 Å². The fraction of sp³-hybridized carbons (Fsp3) is 0.500. The van der Waals surface area contributed by atoms with E-state index in [0.717, 1.165) is 18.9 Å². The van der Waals surface area contributed by atoms with Crippen molar-refractivity contribution in [3.63, 3.8) is 0 Å². The molecular weight excluding hydrogens is 312 g/mol. The molecule has 132 valence electrons. The maximum atomic E-state index is 12.7. The standard InChI is InChI=1S/C20H26N4O/c1-20(2)13-24(17(20)18-21-9-10-23(18)3)19(25)22-12-15-11-16(15)14-7-5-4-6-8-14/h4-10,15-17H,11-13H2,1-3H3,(H,22,25)/t15-,16-,17?/m0/s1. The zero-order chi connectivity index (χ0) is 17.6. The molecule has 1 saturated heterocycles. The van der Waals surface area contributed by atoms with E-state index in [1.165, 1.54) is 12.0 Å². The van der Waals surface area contributed by atoms with Crippen LogP contribution in [0.15, 0.2) is 42.7 Å². The number of carbonyl (C=O) groups is 1. The van der Waals surface area contributed by atoms with Crippen molar-refractivity contribution >= 4 is 6.03 Å². The summed E-state index contributed by atoms with van der Waals surface area (Å²) in [7, 11) is 1.99. The molecule has 3 atom stereocenters. The van der Waals surface area contributed by atoms with E-state index in [2.05, 4.69) is 48.4 Å². The van der Waals surface area contributed by atoms with Crippen molar-refractivity contribution in [1.82, 2.24) is 19.8 Å². The smallest absolute Gasteiger partial charge is 0.318 e. The summed E-state index contributed by atoms with van der Waals surface area (Å²) in [4.78, 5) is 19.1. The summed E-state index contributed by atoms with van der Waals surface area (Å²) in [6.07, 6.45) is 4.90. The third-order valence-corrected chi connectivity index (χ3v) is 5.66. The number of urea groups is 1. The topological polar surface area (TPSA) is 50.2 Å². The lowest BCUT2D eigenvalue weighted by Gasteiger charge is -2.53. The molecule has 1 N–H and O–H groups in total. The number of imidazole rings is 1. The van der Waals surface area contributed by atoms with Crippen molar-refractivity contribution in [3.05, 3.63) is 54.1 Å². The Labute approximate surface area is 149 Å². The predicted octanol–water partition coefficient (Wildman–Crippen LogP) is 3.32. The average Bonchev–Trinajstić information content (AvgIpc) is 3.27. The van der Waals surface area contributed by atoms with Gasteiger partial charge in [-0.1, -0.05) is 44.2 Å². The lowest BCUT2D eigenvalue weighted by atomic mass is 9.74. The van der Waals surface area contributed by atoms with Gasteiger partial charge in [0.15, 0.2) is 0 Å². The number of benzene rings is 1. The van der Waals surface area contributed by atoms with Gasteiger partial charge in [0, 0.05) is 37.9 Å². The largest absolute Gasteiger partial charge is 0.338 e. The number of rotatable bonds is 4. The summed E-state index contributed by atoms with van der Waals surface area (Å²) < 4.78 is 2.01. The van der Waals surface area contributed by atoms with Gasteiger partial charge in [0.2, 0.25) is 0 Å². The van der Waals surface area contributed by atoms with Gasteiger partial charge < -0.3 is 14.8 Å². The van der Waals surface area contributed by atoms with E-state index in [9.17, 15) is 4.79 Å². The molecular formula is C20H26N4O. The van der Waals surface area contributed by atoms with E-state index < -0.39 is 0 Å². The number of amides is 2. The fourth-order valence-corrected chi connectivity index (χ4v) is 4.15. The number of nitrogens with zero attached hydrogens (tertiary/aromatic N) is 3. The van der Waals surface area contributed by atoms with Crippen LogP contribution in [0.4, 0.5) is 4.79 Å². The number of nitrogens with one attached hydrogen (secondary N) is 1. The minimum atomic E-state index is 0.0334. The van der Waals surface area contributed by atoms with Crippen molar-refractivity contribution in [1.29, 1.82) is 0 Å².